The molecule has 2 aliphatic heterocycles. The lowest BCUT2D eigenvalue weighted by molar-refractivity contribution is -0.134. The first-order chi connectivity index (χ1) is 10.4. The Labute approximate surface area is 128 Å². The molecule has 2 aliphatic rings. The fraction of sp³-hybridized carbons (Fsp3) is 0.467. The maximum Gasteiger partial charge on any atom is 0.249 e. The van der Waals surface area contributed by atoms with Crippen LogP contribution in [0.25, 0.3) is 0 Å². The third kappa shape index (κ3) is 2.22. The predicted molar refractivity (Wildman–Crippen MR) is 80.1 cm³/mol. The molecule has 0 bridgehead atoms. The maximum absolute atomic E-state index is 12.1. The molecule has 2 heterocycles. The highest BCUT2D eigenvalue weighted by molar-refractivity contribution is 6.02. The van der Waals surface area contributed by atoms with Crippen LogP contribution < -0.4 is 15.1 Å². The van der Waals surface area contributed by atoms with Crippen molar-refractivity contribution < 1.29 is 19.8 Å². The van der Waals surface area contributed by atoms with Crippen LogP contribution in [0.2, 0.25) is 0 Å². The van der Waals surface area contributed by atoms with E-state index in [4.69, 9.17) is 0 Å². The van der Waals surface area contributed by atoms with Gasteiger partial charge in [0.05, 0.1) is 17.5 Å². The van der Waals surface area contributed by atoms with Crippen LogP contribution in [0, 0.1) is 0 Å². The van der Waals surface area contributed by atoms with Crippen molar-refractivity contribution in [3.8, 4) is 0 Å². The summed E-state index contributed by atoms with van der Waals surface area (Å²) in [4.78, 5) is 26.6. The van der Waals surface area contributed by atoms with Gasteiger partial charge in [0.25, 0.3) is 0 Å². The molecule has 3 N–H and O–H groups in total. The van der Waals surface area contributed by atoms with E-state index in [0.29, 0.717) is 12.1 Å². The fourth-order valence-corrected chi connectivity index (χ4v) is 3.01. The van der Waals surface area contributed by atoms with Crippen LogP contribution >= 0.6 is 0 Å². The second kappa shape index (κ2) is 5.26. The number of piperidine rings is 1. The molecule has 0 aliphatic carbocycles. The number of benzene rings is 1. The molecule has 22 heavy (non-hydrogen) atoms. The number of aliphatic hydroxyl groups excluding tert-OH is 2. The summed E-state index contributed by atoms with van der Waals surface area (Å²) in [5.74, 6) is -0.677. The topological polar surface area (TPSA) is 93.1 Å². The van der Waals surface area contributed by atoms with Crippen LogP contribution in [0.15, 0.2) is 18.2 Å². The number of hydrogen-bond donors (Lipinski definition) is 3. The monoisotopic (exact) mass is 305 g/mol. The third-order valence-corrected chi connectivity index (χ3v) is 4.28. The molecule has 7 heteroatoms. The third-order valence-electron chi connectivity index (χ3n) is 4.28. The van der Waals surface area contributed by atoms with Gasteiger partial charge >= 0.3 is 0 Å². The van der Waals surface area contributed by atoms with Gasteiger partial charge in [-0.3, -0.25) is 14.9 Å². The molecule has 7 nitrogen and oxygen atoms in total. The number of hydrogen-bond acceptors (Lipinski definition) is 6. The standard InChI is InChI=1S/C15H19N3O4/c1-8(19)9-3-4-10-12(7-9)17(2)15(22)18(10)11-5-6-13(20)16-14(11)21/h3-4,7-8,11,15,19,22H,5-6H2,1-2H3,(H,16,20,21). The molecule has 0 aromatic heterocycles. The molecule has 3 unspecified atom stereocenters. The number of nitrogens with one attached hydrogen (secondary N) is 1. The van der Waals surface area contributed by atoms with Crippen molar-refractivity contribution in [2.45, 2.75) is 38.3 Å². The van der Waals surface area contributed by atoms with Crippen molar-refractivity contribution >= 4 is 23.2 Å². The van der Waals surface area contributed by atoms with Crippen molar-refractivity contribution in [2.24, 2.45) is 0 Å². The van der Waals surface area contributed by atoms with Gasteiger partial charge in [0, 0.05) is 13.5 Å². The summed E-state index contributed by atoms with van der Waals surface area (Å²) < 4.78 is 0. The van der Waals surface area contributed by atoms with Crippen LogP contribution in [-0.4, -0.2) is 41.5 Å². The van der Waals surface area contributed by atoms with E-state index in [0.717, 1.165) is 11.3 Å². The Morgan fingerprint density at radius 1 is 1.32 bits per heavy atom. The summed E-state index contributed by atoms with van der Waals surface area (Å²) in [6.07, 6.45) is -0.971. The highest BCUT2D eigenvalue weighted by atomic mass is 16.3. The number of carbonyl (C=O) groups excluding carboxylic acids is 2. The Kier molecular flexibility index (Phi) is 3.54. The van der Waals surface area contributed by atoms with E-state index in [9.17, 15) is 19.8 Å². The van der Waals surface area contributed by atoms with Crippen molar-refractivity contribution in [3.05, 3.63) is 23.8 Å². The second-order valence-corrected chi connectivity index (χ2v) is 5.76. The van der Waals surface area contributed by atoms with Crippen LogP contribution in [0.3, 0.4) is 0 Å². The molecule has 1 fully saturated rings. The molecule has 2 amide bonds. The van der Waals surface area contributed by atoms with Gasteiger partial charge in [0.15, 0.2) is 0 Å². The van der Waals surface area contributed by atoms with E-state index in [1.54, 1.807) is 42.0 Å². The highest BCUT2D eigenvalue weighted by Crippen LogP contribution is 2.41. The van der Waals surface area contributed by atoms with Gasteiger partial charge in [0.2, 0.25) is 18.2 Å². The number of amides is 2. The van der Waals surface area contributed by atoms with Gasteiger partial charge in [-0.25, -0.2) is 0 Å². The number of aliphatic hydroxyl groups is 2. The van der Waals surface area contributed by atoms with E-state index in [1.165, 1.54) is 0 Å². The largest absolute Gasteiger partial charge is 0.389 e. The Bertz CT molecular complexity index is 631. The number of nitrogens with zero attached hydrogens (tertiary/aromatic N) is 2. The second-order valence-electron chi connectivity index (χ2n) is 5.76. The van der Waals surface area contributed by atoms with Gasteiger partial charge in [-0.2, -0.15) is 0 Å². The first kappa shape index (κ1) is 14.8. The van der Waals surface area contributed by atoms with Gasteiger partial charge in [0.1, 0.15) is 6.04 Å². The highest BCUT2D eigenvalue weighted by Gasteiger charge is 2.42. The molecular weight excluding hydrogens is 286 g/mol. The first-order valence-electron chi connectivity index (χ1n) is 7.25. The van der Waals surface area contributed by atoms with Crippen molar-refractivity contribution in [1.29, 1.82) is 0 Å². The first-order valence-corrected chi connectivity index (χ1v) is 7.25. The van der Waals surface area contributed by atoms with E-state index in [-0.39, 0.29) is 12.3 Å². The van der Waals surface area contributed by atoms with Crippen LogP contribution in [0.5, 0.6) is 0 Å². The summed E-state index contributed by atoms with van der Waals surface area (Å²) in [6, 6.07) is 4.77. The van der Waals surface area contributed by atoms with Crippen LogP contribution in [-0.2, 0) is 9.59 Å². The molecule has 0 radical (unpaired) electrons. The van der Waals surface area contributed by atoms with E-state index in [2.05, 4.69) is 5.32 Å². The molecule has 1 aromatic rings. The molecule has 1 aromatic carbocycles. The quantitative estimate of drug-likeness (QED) is 0.670. The minimum atomic E-state index is -0.983. The Morgan fingerprint density at radius 2 is 2.05 bits per heavy atom. The molecular formula is C15H19N3O4. The number of carbonyl (C=O) groups is 2. The summed E-state index contributed by atoms with van der Waals surface area (Å²) in [5, 5.41) is 22.5. The normalized spacial score (nSPS) is 26.0. The average molecular weight is 305 g/mol. The van der Waals surface area contributed by atoms with E-state index >= 15 is 0 Å². The SMILES string of the molecule is CC(O)c1ccc2c(c1)N(C)C(O)N2C1CCC(=O)NC1=O. The Morgan fingerprint density at radius 3 is 2.68 bits per heavy atom. The summed E-state index contributed by atoms with van der Waals surface area (Å²) in [5.41, 5.74) is 2.20. The lowest BCUT2D eigenvalue weighted by Gasteiger charge is -2.34. The lowest BCUT2D eigenvalue weighted by Crippen LogP contribution is -2.56. The minimum Gasteiger partial charge on any atom is -0.389 e. The van der Waals surface area contributed by atoms with Gasteiger partial charge < -0.3 is 20.0 Å². The predicted octanol–water partition coefficient (Wildman–Crippen LogP) is 0.0772. The van der Waals surface area contributed by atoms with Crippen molar-refractivity contribution in [1.82, 2.24) is 5.32 Å². The van der Waals surface area contributed by atoms with Crippen molar-refractivity contribution in [3.63, 3.8) is 0 Å². The number of rotatable bonds is 2. The molecule has 1 saturated heterocycles. The zero-order valence-corrected chi connectivity index (χ0v) is 12.5. The van der Waals surface area contributed by atoms with Crippen LogP contribution in [0.1, 0.15) is 31.4 Å². The molecule has 0 spiro atoms. The molecule has 3 rings (SSSR count). The lowest BCUT2D eigenvalue weighted by atomic mass is 10.0. The average Bonchev–Trinajstić information content (AvgIpc) is 2.71. The molecule has 0 saturated carbocycles. The zero-order chi connectivity index (χ0) is 16.0. The summed E-state index contributed by atoms with van der Waals surface area (Å²) in [7, 11) is 1.72. The molecule has 3 atom stereocenters. The van der Waals surface area contributed by atoms with Crippen LogP contribution in [0.4, 0.5) is 11.4 Å². The number of fused-ring (bicyclic) bond motifs is 1. The van der Waals surface area contributed by atoms with Gasteiger partial charge in [-0.1, -0.05) is 6.07 Å². The minimum absolute atomic E-state index is 0.254. The fourth-order valence-electron chi connectivity index (χ4n) is 3.01. The van der Waals surface area contributed by atoms with E-state index in [1.807, 2.05) is 0 Å². The molecule has 118 valence electrons. The number of anilines is 2. The van der Waals surface area contributed by atoms with Gasteiger partial charge in [-0.05, 0) is 31.0 Å². The van der Waals surface area contributed by atoms with E-state index < -0.39 is 24.4 Å². The Hall–Kier alpha value is -2.12. The van der Waals surface area contributed by atoms with Gasteiger partial charge in [-0.15, -0.1) is 0 Å². The summed E-state index contributed by atoms with van der Waals surface area (Å²) >= 11 is 0. The smallest absolute Gasteiger partial charge is 0.249 e. The zero-order valence-electron chi connectivity index (χ0n) is 12.5. The van der Waals surface area contributed by atoms with Crippen molar-refractivity contribution in [2.75, 3.05) is 16.8 Å². The maximum atomic E-state index is 12.1. The summed E-state index contributed by atoms with van der Waals surface area (Å²) in [6.45, 7) is 1.67. The number of imide groups is 1. The Balaban J connectivity index is 1.98.